The number of hydrogen-bond donors (Lipinski definition) is 1. The Morgan fingerprint density at radius 2 is 2.37 bits per heavy atom. The van der Waals surface area contributed by atoms with Crippen LogP contribution in [0.1, 0.15) is 38.0 Å². The van der Waals surface area contributed by atoms with E-state index in [2.05, 4.69) is 27.4 Å². The van der Waals surface area contributed by atoms with Gasteiger partial charge in [0.05, 0.1) is 18.4 Å². The van der Waals surface area contributed by atoms with Crippen molar-refractivity contribution >= 4 is 0 Å². The van der Waals surface area contributed by atoms with Crippen LogP contribution >= 0.6 is 0 Å². The molecule has 0 amide bonds. The van der Waals surface area contributed by atoms with Crippen LogP contribution in [0.25, 0.3) is 11.5 Å². The number of hydrogen-bond acceptors (Lipinski definition) is 5. The zero-order chi connectivity index (χ0) is 13.2. The third-order valence-corrected chi connectivity index (χ3v) is 3.79. The predicted octanol–water partition coefficient (Wildman–Crippen LogP) is 1.72. The van der Waals surface area contributed by atoms with E-state index in [9.17, 15) is 0 Å². The van der Waals surface area contributed by atoms with Crippen LogP contribution in [0.5, 0.6) is 0 Å². The largest absolute Gasteiger partial charge is 0.339 e. The highest BCUT2D eigenvalue weighted by atomic mass is 16.5. The molecule has 0 aromatic carbocycles. The topological polar surface area (TPSA) is 68.8 Å². The molecular weight excluding hydrogens is 242 g/mol. The zero-order valence-corrected chi connectivity index (χ0v) is 11.3. The van der Waals surface area contributed by atoms with Crippen molar-refractivity contribution in [2.24, 2.45) is 7.05 Å². The molecule has 102 valence electrons. The van der Waals surface area contributed by atoms with Gasteiger partial charge in [-0.25, -0.2) is 4.98 Å². The van der Waals surface area contributed by atoms with Crippen LogP contribution in [0.3, 0.4) is 0 Å². The van der Waals surface area contributed by atoms with Crippen LogP contribution in [0, 0.1) is 0 Å². The van der Waals surface area contributed by atoms with E-state index in [-0.39, 0.29) is 0 Å². The average molecular weight is 261 g/mol. The van der Waals surface area contributed by atoms with Gasteiger partial charge in [-0.2, -0.15) is 4.98 Å². The summed E-state index contributed by atoms with van der Waals surface area (Å²) in [5.41, 5.74) is 0.882. The second-order valence-electron chi connectivity index (χ2n) is 5.05. The quantitative estimate of drug-likeness (QED) is 0.907. The molecule has 0 bridgehead atoms. The second kappa shape index (κ2) is 5.13. The highest BCUT2D eigenvalue weighted by Crippen LogP contribution is 2.34. The summed E-state index contributed by atoms with van der Waals surface area (Å²) < 4.78 is 7.36. The van der Waals surface area contributed by atoms with E-state index in [0.717, 1.165) is 24.6 Å². The summed E-state index contributed by atoms with van der Waals surface area (Å²) in [7, 11) is 1.93. The fourth-order valence-corrected chi connectivity index (χ4v) is 2.82. The number of aryl methyl sites for hydroxylation is 1. The number of aromatic nitrogens is 4. The lowest BCUT2D eigenvalue weighted by atomic mass is 10.0. The predicted molar refractivity (Wildman–Crippen MR) is 70.6 cm³/mol. The lowest BCUT2D eigenvalue weighted by Crippen LogP contribution is -2.31. The summed E-state index contributed by atoms with van der Waals surface area (Å²) in [4.78, 5) is 8.63. The molecule has 1 aliphatic carbocycles. The molecule has 1 fully saturated rings. The lowest BCUT2D eigenvalue weighted by Gasteiger charge is -2.16. The minimum Gasteiger partial charge on any atom is -0.339 e. The number of nitrogens with zero attached hydrogens (tertiary/aromatic N) is 4. The normalized spacial score (nSPS) is 23.1. The van der Waals surface area contributed by atoms with E-state index in [4.69, 9.17) is 4.52 Å². The van der Waals surface area contributed by atoms with Crippen LogP contribution in [-0.2, 0) is 7.05 Å². The summed E-state index contributed by atoms with van der Waals surface area (Å²) in [6.07, 6.45) is 7.01. The second-order valence-corrected chi connectivity index (χ2v) is 5.05. The third kappa shape index (κ3) is 2.28. The first-order valence-corrected chi connectivity index (χ1v) is 6.83. The van der Waals surface area contributed by atoms with Crippen molar-refractivity contribution in [2.75, 3.05) is 6.54 Å². The Bertz CT molecular complexity index is 547. The van der Waals surface area contributed by atoms with Gasteiger partial charge in [0.25, 0.3) is 0 Å². The molecule has 1 aliphatic rings. The van der Waals surface area contributed by atoms with Gasteiger partial charge in [-0.15, -0.1) is 0 Å². The fraction of sp³-hybridized carbons (Fsp3) is 0.615. The Hall–Kier alpha value is -1.69. The van der Waals surface area contributed by atoms with Crippen LogP contribution in [0.15, 0.2) is 17.0 Å². The maximum Gasteiger partial charge on any atom is 0.231 e. The van der Waals surface area contributed by atoms with E-state index >= 15 is 0 Å². The summed E-state index contributed by atoms with van der Waals surface area (Å²) in [6, 6.07) is 0.463. The smallest absolute Gasteiger partial charge is 0.231 e. The van der Waals surface area contributed by atoms with Gasteiger partial charge in [0, 0.05) is 13.1 Å². The Labute approximate surface area is 112 Å². The molecule has 19 heavy (non-hydrogen) atoms. The van der Waals surface area contributed by atoms with E-state index in [1.54, 1.807) is 12.5 Å². The third-order valence-electron chi connectivity index (χ3n) is 3.79. The molecule has 3 rings (SSSR count). The molecule has 0 spiro atoms. The Morgan fingerprint density at radius 3 is 3.11 bits per heavy atom. The van der Waals surface area contributed by atoms with Crippen molar-refractivity contribution in [3.05, 3.63) is 18.4 Å². The first-order valence-electron chi connectivity index (χ1n) is 6.83. The molecule has 0 radical (unpaired) electrons. The summed E-state index contributed by atoms with van der Waals surface area (Å²) in [5.74, 6) is 1.71. The Balaban J connectivity index is 1.83. The van der Waals surface area contributed by atoms with Crippen molar-refractivity contribution in [3.63, 3.8) is 0 Å². The van der Waals surface area contributed by atoms with E-state index < -0.39 is 0 Å². The van der Waals surface area contributed by atoms with Crippen molar-refractivity contribution < 1.29 is 4.52 Å². The van der Waals surface area contributed by atoms with Gasteiger partial charge in [-0.1, -0.05) is 18.5 Å². The van der Waals surface area contributed by atoms with Gasteiger partial charge in [-0.05, 0) is 19.4 Å². The summed E-state index contributed by atoms with van der Waals surface area (Å²) in [5, 5.41) is 7.59. The van der Waals surface area contributed by atoms with Crippen molar-refractivity contribution in [1.82, 2.24) is 25.0 Å². The molecule has 6 heteroatoms. The number of imidazole rings is 1. The molecule has 2 aromatic rings. The Kier molecular flexibility index (Phi) is 3.33. The molecule has 2 heterocycles. The van der Waals surface area contributed by atoms with Gasteiger partial charge in [-0.3, -0.25) is 0 Å². The van der Waals surface area contributed by atoms with E-state index in [0.29, 0.717) is 17.8 Å². The molecule has 0 saturated heterocycles. The van der Waals surface area contributed by atoms with Crippen molar-refractivity contribution in [1.29, 1.82) is 0 Å². The van der Waals surface area contributed by atoms with Crippen LogP contribution < -0.4 is 5.32 Å². The van der Waals surface area contributed by atoms with Crippen LogP contribution in [0.2, 0.25) is 0 Å². The molecule has 2 atom stereocenters. The number of rotatable bonds is 4. The molecule has 0 aliphatic heterocycles. The molecular formula is C13H19N5O. The molecule has 2 unspecified atom stereocenters. The molecule has 1 N–H and O–H groups in total. The SMILES string of the molecule is CCNC1CCCC1c1nc(-c2cncn2C)no1. The molecule has 2 aromatic heterocycles. The average Bonchev–Trinajstić information content (AvgIpc) is 3.08. The van der Waals surface area contributed by atoms with Gasteiger partial charge in [0.2, 0.25) is 11.7 Å². The van der Waals surface area contributed by atoms with Crippen LogP contribution in [0.4, 0.5) is 0 Å². The molecule has 1 saturated carbocycles. The summed E-state index contributed by atoms with van der Waals surface area (Å²) >= 11 is 0. The first kappa shape index (κ1) is 12.3. The van der Waals surface area contributed by atoms with Crippen molar-refractivity contribution in [3.8, 4) is 11.5 Å². The number of nitrogens with one attached hydrogen (secondary N) is 1. The Morgan fingerprint density at radius 1 is 1.47 bits per heavy atom. The minimum absolute atomic E-state index is 0.342. The van der Waals surface area contributed by atoms with Gasteiger partial charge >= 0.3 is 0 Å². The maximum absolute atomic E-state index is 5.46. The minimum atomic E-state index is 0.342. The van der Waals surface area contributed by atoms with Gasteiger partial charge in [0.15, 0.2) is 0 Å². The zero-order valence-electron chi connectivity index (χ0n) is 11.3. The van der Waals surface area contributed by atoms with Gasteiger partial charge in [0.1, 0.15) is 5.69 Å². The first-order chi connectivity index (χ1) is 9.29. The highest BCUT2D eigenvalue weighted by Gasteiger charge is 2.32. The fourth-order valence-electron chi connectivity index (χ4n) is 2.82. The maximum atomic E-state index is 5.46. The van der Waals surface area contributed by atoms with Crippen LogP contribution in [-0.4, -0.2) is 32.3 Å². The molecule has 6 nitrogen and oxygen atoms in total. The van der Waals surface area contributed by atoms with E-state index in [1.807, 2.05) is 11.6 Å². The lowest BCUT2D eigenvalue weighted by molar-refractivity contribution is 0.332. The standard InChI is InChI=1S/C13H19N5O/c1-3-15-10-6-4-5-9(10)13-16-12(17-19-13)11-7-14-8-18(11)2/h7-10,15H,3-6H2,1-2H3. The van der Waals surface area contributed by atoms with E-state index in [1.165, 1.54) is 12.8 Å². The highest BCUT2D eigenvalue weighted by molar-refractivity contribution is 5.47. The number of likely N-dealkylation sites (N-methyl/N-ethyl adjacent to an activating group) is 1. The van der Waals surface area contributed by atoms with Crippen molar-refractivity contribution in [2.45, 2.75) is 38.1 Å². The van der Waals surface area contributed by atoms with Gasteiger partial charge < -0.3 is 14.4 Å². The summed E-state index contributed by atoms with van der Waals surface area (Å²) in [6.45, 7) is 3.11. The monoisotopic (exact) mass is 261 g/mol.